The van der Waals surface area contributed by atoms with Gasteiger partial charge in [0.05, 0.1) is 12.7 Å². The number of rotatable bonds is 7. The predicted molar refractivity (Wildman–Crippen MR) is 162 cm³/mol. The van der Waals surface area contributed by atoms with Crippen molar-refractivity contribution in [3.8, 4) is 0 Å². The standard InChI is InChI=1S/C36H62O4/c1-22(9-10-26(38)31(40)27(39)21-37)24-14-18-33(5)25(24)15-19-35(7)29(33)11-12-30-34(6)17-13-23(2)32(3,4)28(34)16-20-36(30,35)8/h11-12,22-31,37-40H,9-10,13-21H2,1-8H3. The van der Waals surface area contributed by atoms with Crippen LogP contribution in [0.15, 0.2) is 12.2 Å². The molecule has 0 aromatic heterocycles. The maximum atomic E-state index is 10.4. The van der Waals surface area contributed by atoms with Crippen molar-refractivity contribution < 1.29 is 20.4 Å². The van der Waals surface area contributed by atoms with E-state index in [1.54, 1.807) is 0 Å². The first-order valence-electron chi connectivity index (χ1n) is 16.9. The van der Waals surface area contributed by atoms with Gasteiger partial charge in [0.1, 0.15) is 12.2 Å². The van der Waals surface area contributed by atoms with E-state index in [1.165, 1.54) is 51.4 Å². The van der Waals surface area contributed by atoms with Gasteiger partial charge in [-0.25, -0.2) is 0 Å². The van der Waals surface area contributed by atoms with Crippen LogP contribution >= 0.6 is 0 Å². The second kappa shape index (κ2) is 10.3. The van der Waals surface area contributed by atoms with Crippen LogP contribution < -0.4 is 0 Å². The average molecular weight is 559 g/mol. The highest BCUT2D eigenvalue weighted by atomic mass is 16.4. The molecule has 0 radical (unpaired) electrons. The Bertz CT molecular complexity index is 960. The van der Waals surface area contributed by atoms with Crippen LogP contribution in [0.2, 0.25) is 0 Å². The molecule has 4 N–H and O–H groups in total. The third-order valence-corrected chi connectivity index (χ3v) is 15.6. The molecule has 0 spiro atoms. The van der Waals surface area contributed by atoms with Crippen molar-refractivity contribution in [1.82, 2.24) is 0 Å². The molecule has 0 aliphatic heterocycles. The molecule has 4 fully saturated rings. The van der Waals surface area contributed by atoms with E-state index in [1.807, 2.05) is 0 Å². The van der Waals surface area contributed by atoms with Crippen LogP contribution in [0, 0.1) is 68.5 Å². The molecule has 4 heteroatoms. The first-order chi connectivity index (χ1) is 18.6. The van der Waals surface area contributed by atoms with Crippen molar-refractivity contribution in [1.29, 1.82) is 0 Å². The second-order valence-corrected chi connectivity index (χ2v) is 17.2. The van der Waals surface area contributed by atoms with E-state index in [4.69, 9.17) is 5.11 Å². The van der Waals surface area contributed by atoms with Gasteiger partial charge in [0.2, 0.25) is 0 Å². The van der Waals surface area contributed by atoms with E-state index < -0.39 is 24.9 Å². The lowest BCUT2D eigenvalue weighted by molar-refractivity contribution is -0.205. The molecule has 40 heavy (non-hydrogen) atoms. The number of hydrogen-bond donors (Lipinski definition) is 4. The van der Waals surface area contributed by atoms with Crippen LogP contribution in [0.5, 0.6) is 0 Å². The largest absolute Gasteiger partial charge is 0.394 e. The lowest BCUT2D eigenvalue weighted by atomic mass is 9.33. The molecule has 5 aliphatic rings. The second-order valence-electron chi connectivity index (χ2n) is 17.2. The molecule has 5 rings (SSSR count). The highest BCUT2D eigenvalue weighted by molar-refractivity contribution is 5.27. The molecule has 0 saturated heterocycles. The van der Waals surface area contributed by atoms with E-state index in [-0.39, 0.29) is 0 Å². The summed E-state index contributed by atoms with van der Waals surface area (Å²) in [4.78, 5) is 0. The molecule has 0 aromatic carbocycles. The fourth-order valence-electron chi connectivity index (χ4n) is 12.5. The molecule has 0 aromatic rings. The fourth-order valence-corrected chi connectivity index (χ4v) is 12.5. The summed E-state index contributed by atoms with van der Waals surface area (Å²) in [5.41, 5.74) is 1.81. The minimum absolute atomic E-state index is 0.319. The Kier molecular flexibility index (Phi) is 8.02. The summed E-state index contributed by atoms with van der Waals surface area (Å²) < 4.78 is 0. The van der Waals surface area contributed by atoms with Crippen molar-refractivity contribution >= 4 is 0 Å². The zero-order valence-corrected chi connectivity index (χ0v) is 27.0. The van der Waals surface area contributed by atoms with E-state index in [0.29, 0.717) is 63.1 Å². The van der Waals surface area contributed by atoms with Gasteiger partial charge in [0, 0.05) is 0 Å². The average Bonchev–Trinajstić information content (AvgIpc) is 3.26. The zero-order chi connectivity index (χ0) is 29.5. The molecule has 4 saturated carbocycles. The molecule has 230 valence electrons. The maximum absolute atomic E-state index is 10.4. The number of aliphatic hydroxyl groups excluding tert-OH is 4. The Morgan fingerprint density at radius 1 is 0.725 bits per heavy atom. The van der Waals surface area contributed by atoms with Crippen LogP contribution in [0.3, 0.4) is 0 Å². The van der Waals surface area contributed by atoms with Gasteiger partial charge in [0.25, 0.3) is 0 Å². The van der Waals surface area contributed by atoms with Crippen LogP contribution in [0.1, 0.15) is 120 Å². The summed E-state index contributed by atoms with van der Waals surface area (Å²) in [5, 5.41) is 39.5. The molecule has 4 nitrogen and oxygen atoms in total. The lowest BCUT2D eigenvalue weighted by Crippen LogP contribution is -2.65. The van der Waals surface area contributed by atoms with Gasteiger partial charge in [-0.15, -0.1) is 0 Å². The van der Waals surface area contributed by atoms with Crippen LogP contribution in [-0.2, 0) is 0 Å². The molecule has 14 unspecified atom stereocenters. The topological polar surface area (TPSA) is 80.9 Å². The number of fused-ring (bicyclic) bond motifs is 7. The third-order valence-electron chi connectivity index (χ3n) is 15.6. The Morgan fingerprint density at radius 2 is 1.30 bits per heavy atom. The molecular weight excluding hydrogens is 496 g/mol. The molecular formula is C36H62O4. The summed E-state index contributed by atoms with van der Waals surface area (Å²) >= 11 is 0. The van der Waals surface area contributed by atoms with Gasteiger partial charge in [-0.3, -0.25) is 0 Å². The first-order valence-corrected chi connectivity index (χ1v) is 16.9. The van der Waals surface area contributed by atoms with Crippen molar-refractivity contribution in [3.05, 3.63) is 12.2 Å². The molecule has 5 aliphatic carbocycles. The quantitative estimate of drug-likeness (QED) is 0.254. The Balaban J connectivity index is 1.36. The molecule has 0 bridgehead atoms. The van der Waals surface area contributed by atoms with E-state index in [0.717, 1.165) is 18.3 Å². The van der Waals surface area contributed by atoms with Gasteiger partial charge in [0.15, 0.2) is 0 Å². The monoisotopic (exact) mass is 558 g/mol. The zero-order valence-electron chi connectivity index (χ0n) is 27.0. The van der Waals surface area contributed by atoms with Gasteiger partial charge in [-0.1, -0.05) is 67.5 Å². The van der Waals surface area contributed by atoms with Crippen molar-refractivity contribution in [2.45, 2.75) is 138 Å². The maximum Gasteiger partial charge on any atom is 0.108 e. The highest BCUT2D eigenvalue weighted by Gasteiger charge is 2.69. The summed E-state index contributed by atoms with van der Waals surface area (Å²) in [6, 6.07) is 0. The lowest BCUT2D eigenvalue weighted by Gasteiger charge is -2.71. The molecule has 14 atom stereocenters. The molecule has 0 heterocycles. The number of allylic oxidation sites excluding steroid dienone is 2. The van der Waals surface area contributed by atoms with E-state index in [2.05, 4.69) is 67.5 Å². The van der Waals surface area contributed by atoms with Crippen LogP contribution in [-0.4, -0.2) is 45.3 Å². The van der Waals surface area contributed by atoms with Crippen molar-refractivity contribution in [2.24, 2.45) is 68.5 Å². The first kappa shape index (κ1) is 31.0. The van der Waals surface area contributed by atoms with Gasteiger partial charge in [-0.05, 0) is 133 Å². The Morgan fingerprint density at radius 3 is 1.93 bits per heavy atom. The van der Waals surface area contributed by atoms with E-state index in [9.17, 15) is 15.3 Å². The minimum Gasteiger partial charge on any atom is -0.394 e. The Hall–Kier alpha value is -0.420. The van der Waals surface area contributed by atoms with E-state index >= 15 is 0 Å². The molecule has 0 amide bonds. The predicted octanol–water partition coefficient (Wildman–Crippen LogP) is 6.99. The number of aliphatic hydroxyl groups is 4. The van der Waals surface area contributed by atoms with Crippen LogP contribution in [0.25, 0.3) is 0 Å². The SMILES string of the molecule is CC(CCC(O)C(O)C(O)CO)C1CCC2(C)C1CCC1(C)C2C=CC2C3(C)CCC(C)C(C)(C)C3CCC21C. The highest BCUT2D eigenvalue weighted by Crippen LogP contribution is 2.76. The van der Waals surface area contributed by atoms with Crippen molar-refractivity contribution in [2.75, 3.05) is 6.61 Å². The Labute approximate surface area is 245 Å². The summed E-state index contributed by atoms with van der Waals surface area (Å²) in [7, 11) is 0. The van der Waals surface area contributed by atoms with Crippen LogP contribution in [0.4, 0.5) is 0 Å². The summed E-state index contributed by atoms with van der Waals surface area (Å²) in [6.45, 7) is 20.1. The fraction of sp³-hybridized carbons (Fsp3) is 0.944. The van der Waals surface area contributed by atoms with Crippen molar-refractivity contribution in [3.63, 3.8) is 0 Å². The normalized spacial score (nSPS) is 50.6. The van der Waals surface area contributed by atoms with Gasteiger partial charge in [-0.2, -0.15) is 0 Å². The minimum atomic E-state index is -1.28. The third kappa shape index (κ3) is 4.27. The summed E-state index contributed by atoms with van der Waals surface area (Å²) in [5.74, 6) is 4.74. The smallest absolute Gasteiger partial charge is 0.108 e. The van der Waals surface area contributed by atoms with Gasteiger partial charge < -0.3 is 20.4 Å². The number of hydrogen-bond acceptors (Lipinski definition) is 4. The summed E-state index contributed by atoms with van der Waals surface area (Å²) in [6.07, 6.45) is 13.9. The van der Waals surface area contributed by atoms with Gasteiger partial charge >= 0.3 is 0 Å².